The van der Waals surface area contributed by atoms with Crippen molar-refractivity contribution >= 4 is 22.7 Å². The molecule has 0 bridgehead atoms. The van der Waals surface area contributed by atoms with Gasteiger partial charge in [0.05, 0.1) is 12.9 Å². The first-order valence-corrected chi connectivity index (χ1v) is 5.02. The van der Waals surface area contributed by atoms with Crippen molar-refractivity contribution in [2.24, 2.45) is 0 Å². The average Bonchev–Trinajstić information content (AvgIpc) is 2.09. The fourth-order valence-corrected chi connectivity index (χ4v) is 1.48. The van der Waals surface area contributed by atoms with Crippen molar-refractivity contribution in [1.82, 2.24) is 0 Å². The molecule has 0 N–H and O–H groups in total. The zero-order chi connectivity index (χ0) is 8.97. The Morgan fingerprint density at radius 2 is 2.00 bits per heavy atom. The largest absolute Gasteiger partial charge is 0.294 e. The molecule has 0 radical (unpaired) electrons. The summed E-state index contributed by atoms with van der Waals surface area (Å²) < 4.78 is 15.5. The molecule has 0 heterocycles. The van der Waals surface area contributed by atoms with Crippen LogP contribution in [0.3, 0.4) is 0 Å². The van der Waals surface area contributed by atoms with E-state index in [4.69, 9.17) is 11.6 Å². The third kappa shape index (κ3) is 2.93. The first-order chi connectivity index (χ1) is 5.72. The molecular weight excluding hydrogens is 196 g/mol. The molecule has 0 fully saturated rings. The number of hydrogen-bond acceptors (Lipinski definition) is 2. The van der Waals surface area contributed by atoms with Crippen LogP contribution in [0.15, 0.2) is 24.3 Å². The van der Waals surface area contributed by atoms with Gasteiger partial charge in [-0.25, -0.2) is 4.21 Å². The van der Waals surface area contributed by atoms with E-state index in [1.165, 1.54) is 7.11 Å². The standard InChI is InChI=1S/C8H9ClO2S/c1-11-12(10)6-7-2-4-8(9)5-3-7/h2-5H,6H2,1H3. The van der Waals surface area contributed by atoms with Gasteiger partial charge in [-0.2, -0.15) is 0 Å². The van der Waals surface area contributed by atoms with Crippen LogP contribution in [0.1, 0.15) is 5.56 Å². The summed E-state index contributed by atoms with van der Waals surface area (Å²) in [5, 5.41) is 0.682. The summed E-state index contributed by atoms with van der Waals surface area (Å²) in [6.45, 7) is 0. The lowest BCUT2D eigenvalue weighted by Crippen LogP contribution is -1.96. The quantitative estimate of drug-likeness (QED) is 0.754. The minimum Gasteiger partial charge on any atom is -0.294 e. The van der Waals surface area contributed by atoms with Gasteiger partial charge in [-0.15, -0.1) is 0 Å². The van der Waals surface area contributed by atoms with Gasteiger partial charge in [-0.3, -0.25) is 4.18 Å². The van der Waals surface area contributed by atoms with E-state index in [2.05, 4.69) is 4.18 Å². The van der Waals surface area contributed by atoms with Crippen LogP contribution in [0.2, 0.25) is 5.02 Å². The molecule has 4 heteroatoms. The van der Waals surface area contributed by atoms with Gasteiger partial charge in [-0.1, -0.05) is 23.7 Å². The van der Waals surface area contributed by atoms with Gasteiger partial charge < -0.3 is 0 Å². The average molecular weight is 205 g/mol. The number of hydrogen-bond donors (Lipinski definition) is 0. The Morgan fingerprint density at radius 3 is 2.50 bits per heavy atom. The maximum Gasteiger partial charge on any atom is 0.159 e. The lowest BCUT2D eigenvalue weighted by atomic mass is 10.2. The Kier molecular flexibility index (Phi) is 3.72. The van der Waals surface area contributed by atoms with Crippen molar-refractivity contribution in [3.05, 3.63) is 34.9 Å². The first-order valence-electron chi connectivity index (χ1n) is 3.39. The molecule has 0 amide bonds. The highest BCUT2D eigenvalue weighted by Gasteiger charge is 1.99. The zero-order valence-electron chi connectivity index (χ0n) is 6.62. The summed E-state index contributed by atoms with van der Waals surface area (Å²) in [5.74, 6) is 0.410. The minimum atomic E-state index is -1.23. The van der Waals surface area contributed by atoms with Crippen molar-refractivity contribution in [1.29, 1.82) is 0 Å². The fraction of sp³-hybridized carbons (Fsp3) is 0.250. The first kappa shape index (κ1) is 9.71. The summed E-state index contributed by atoms with van der Waals surface area (Å²) in [6.07, 6.45) is 0. The Balaban J connectivity index is 2.64. The molecule has 0 aliphatic heterocycles. The van der Waals surface area contributed by atoms with Crippen molar-refractivity contribution in [3.63, 3.8) is 0 Å². The Labute approximate surface area is 79.2 Å². The van der Waals surface area contributed by atoms with Gasteiger partial charge in [0.25, 0.3) is 0 Å². The molecule has 0 saturated heterocycles. The van der Waals surface area contributed by atoms with Crippen LogP contribution in [0, 0.1) is 0 Å². The van der Waals surface area contributed by atoms with E-state index in [1.54, 1.807) is 12.1 Å². The Morgan fingerprint density at radius 1 is 1.42 bits per heavy atom. The molecule has 0 saturated carbocycles. The molecule has 1 unspecified atom stereocenters. The predicted octanol–water partition coefficient (Wildman–Crippen LogP) is 2.15. The summed E-state index contributed by atoms with van der Waals surface area (Å²) >= 11 is 4.45. The van der Waals surface area contributed by atoms with E-state index in [-0.39, 0.29) is 0 Å². The van der Waals surface area contributed by atoms with Crippen LogP contribution in [0.4, 0.5) is 0 Å². The van der Waals surface area contributed by atoms with Gasteiger partial charge in [0.1, 0.15) is 0 Å². The third-order valence-corrected chi connectivity index (χ3v) is 2.58. The second-order valence-corrected chi connectivity index (χ2v) is 3.91. The molecule has 1 rings (SSSR count). The number of benzene rings is 1. The summed E-state index contributed by atoms with van der Waals surface area (Å²) in [4.78, 5) is 0. The fourth-order valence-electron chi connectivity index (χ4n) is 0.776. The lowest BCUT2D eigenvalue weighted by Gasteiger charge is -1.98. The van der Waals surface area contributed by atoms with Crippen molar-refractivity contribution < 1.29 is 8.39 Å². The molecule has 2 nitrogen and oxygen atoms in total. The van der Waals surface area contributed by atoms with E-state index in [9.17, 15) is 4.21 Å². The predicted molar refractivity (Wildman–Crippen MR) is 50.3 cm³/mol. The second kappa shape index (κ2) is 4.60. The summed E-state index contributed by atoms with van der Waals surface area (Å²) in [7, 11) is 1.42. The molecule has 12 heavy (non-hydrogen) atoms. The van der Waals surface area contributed by atoms with E-state index in [0.717, 1.165) is 5.56 Å². The molecular formula is C8H9ClO2S. The minimum absolute atomic E-state index is 0.410. The molecule has 1 atom stereocenters. The maximum absolute atomic E-state index is 10.9. The topological polar surface area (TPSA) is 26.3 Å². The molecule has 0 aliphatic carbocycles. The molecule has 66 valence electrons. The van der Waals surface area contributed by atoms with Crippen LogP contribution in [-0.2, 0) is 21.0 Å². The summed E-state index contributed by atoms with van der Waals surface area (Å²) in [6, 6.07) is 7.20. The maximum atomic E-state index is 10.9. The van der Waals surface area contributed by atoms with Crippen molar-refractivity contribution in [3.8, 4) is 0 Å². The third-order valence-electron chi connectivity index (χ3n) is 1.38. The van der Waals surface area contributed by atoms with E-state index in [0.29, 0.717) is 10.8 Å². The van der Waals surface area contributed by atoms with E-state index < -0.39 is 11.1 Å². The van der Waals surface area contributed by atoms with Crippen molar-refractivity contribution in [2.45, 2.75) is 5.75 Å². The molecule has 1 aromatic carbocycles. The van der Waals surface area contributed by atoms with E-state index in [1.807, 2.05) is 12.1 Å². The smallest absolute Gasteiger partial charge is 0.159 e. The number of halogens is 1. The van der Waals surface area contributed by atoms with Gasteiger partial charge in [0.2, 0.25) is 0 Å². The Bertz CT molecular complexity index is 271. The highest BCUT2D eigenvalue weighted by Crippen LogP contribution is 2.10. The second-order valence-electron chi connectivity index (χ2n) is 2.24. The highest BCUT2D eigenvalue weighted by atomic mass is 35.5. The SMILES string of the molecule is COS(=O)Cc1ccc(Cl)cc1. The van der Waals surface area contributed by atoms with Crippen LogP contribution in [0.5, 0.6) is 0 Å². The number of rotatable bonds is 3. The highest BCUT2D eigenvalue weighted by molar-refractivity contribution is 7.79. The lowest BCUT2D eigenvalue weighted by molar-refractivity contribution is 0.445. The molecule has 0 aromatic heterocycles. The van der Waals surface area contributed by atoms with Gasteiger partial charge in [0.15, 0.2) is 11.1 Å². The molecule has 1 aromatic rings. The van der Waals surface area contributed by atoms with Crippen LogP contribution in [0.25, 0.3) is 0 Å². The van der Waals surface area contributed by atoms with Crippen molar-refractivity contribution in [2.75, 3.05) is 7.11 Å². The van der Waals surface area contributed by atoms with Crippen LogP contribution in [-0.4, -0.2) is 11.3 Å². The van der Waals surface area contributed by atoms with Gasteiger partial charge in [-0.05, 0) is 17.7 Å². The normalized spacial score (nSPS) is 12.8. The van der Waals surface area contributed by atoms with Gasteiger partial charge in [0, 0.05) is 5.02 Å². The van der Waals surface area contributed by atoms with Crippen LogP contribution < -0.4 is 0 Å². The molecule has 0 spiro atoms. The monoisotopic (exact) mass is 204 g/mol. The van der Waals surface area contributed by atoms with Gasteiger partial charge >= 0.3 is 0 Å². The Hall–Kier alpha value is -0.380. The molecule has 0 aliphatic rings. The zero-order valence-corrected chi connectivity index (χ0v) is 8.19. The summed E-state index contributed by atoms with van der Waals surface area (Å²) in [5.41, 5.74) is 0.958. The van der Waals surface area contributed by atoms with E-state index >= 15 is 0 Å². The van der Waals surface area contributed by atoms with Crippen LogP contribution >= 0.6 is 11.6 Å².